The molecular formula is C29H38N4. The summed E-state index contributed by atoms with van der Waals surface area (Å²) in [5.74, 6) is 1.30. The molecular weight excluding hydrogens is 404 g/mol. The third kappa shape index (κ3) is 4.53. The molecule has 4 rings (SSSR count). The summed E-state index contributed by atoms with van der Waals surface area (Å²) in [6, 6.07) is 15.7. The molecule has 0 amide bonds. The normalized spacial score (nSPS) is 19.0. The van der Waals surface area contributed by atoms with Crippen molar-refractivity contribution >= 4 is 11.6 Å². The molecule has 2 aromatic carbocycles. The summed E-state index contributed by atoms with van der Waals surface area (Å²) in [4.78, 5) is 0. The third-order valence-electron chi connectivity index (χ3n) is 8.11. The predicted octanol–water partition coefficient (Wildman–Crippen LogP) is 7.58. The van der Waals surface area contributed by atoms with E-state index in [1.165, 1.54) is 53.5 Å². The second-order valence-electron chi connectivity index (χ2n) is 10.8. The van der Waals surface area contributed by atoms with Crippen molar-refractivity contribution in [1.82, 2.24) is 20.6 Å². The molecule has 0 saturated heterocycles. The van der Waals surface area contributed by atoms with Crippen molar-refractivity contribution in [1.29, 1.82) is 0 Å². The standard InChI is InChI=1S/C29H38N4/c1-7-8-9-10-11-23(18-21-12-14-22(15-13-21)27-30-32-33-31-27)24-16-17-25-26(19-24)29(5,6)20(2)28(25,3)4/h12-20H,7-11H2,1-6H3,(H,30,31,32,33). The van der Waals surface area contributed by atoms with Crippen molar-refractivity contribution in [3.8, 4) is 11.4 Å². The molecule has 1 aliphatic carbocycles. The van der Waals surface area contributed by atoms with Crippen LogP contribution in [-0.4, -0.2) is 20.6 Å². The molecule has 33 heavy (non-hydrogen) atoms. The fourth-order valence-corrected chi connectivity index (χ4v) is 5.47. The van der Waals surface area contributed by atoms with Crippen LogP contribution >= 0.6 is 0 Å². The molecule has 1 aliphatic rings. The molecule has 4 heteroatoms. The number of aromatic nitrogens is 4. The Labute approximate surface area is 198 Å². The number of hydrogen-bond donors (Lipinski definition) is 1. The van der Waals surface area contributed by atoms with E-state index >= 15 is 0 Å². The molecule has 0 bridgehead atoms. The number of fused-ring (bicyclic) bond motifs is 1. The van der Waals surface area contributed by atoms with Crippen molar-refractivity contribution in [3.63, 3.8) is 0 Å². The molecule has 0 spiro atoms. The average molecular weight is 443 g/mol. The van der Waals surface area contributed by atoms with E-state index in [9.17, 15) is 0 Å². The molecule has 1 aromatic heterocycles. The average Bonchev–Trinajstić information content (AvgIpc) is 3.39. The Morgan fingerprint density at radius 3 is 2.33 bits per heavy atom. The number of allylic oxidation sites excluding steroid dienone is 1. The lowest BCUT2D eigenvalue weighted by Gasteiger charge is -2.32. The fraction of sp³-hybridized carbons (Fsp3) is 0.483. The number of nitrogens with one attached hydrogen (secondary N) is 1. The van der Waals surface area contributed by atoms with Crippen LogP contribution in [0.25, 0.3) is 23.0 Å². The van der Waals surface area contributed by atoms with Gasteiger partial charge in [0.1, 0.15) is 0 Å². The van der Waals surface area contributed by atoms with E-state index in [4.69, 9.17) is 0 Å². The molecule has 0 aliphatic heterocycles. The zero-order valence-corrected chi connectivity index (χ0v) is 21.1. The van der Waals surface area contributed by atoms with Crippen LogP contribution < -0.4 is 0 Å². The third-order valence-corrected chi connectivity index (χ3v) is 8.11. The Bertz CT molecular complexity index is 1110. The highest BCUT2D eigenvalue weighted by molar-refractivity contribution is 5.82. The quantitative estimate of drug-likeness (QED) is 0.289. The molecule has 1 atom stereocenters. The van der Waals surface area contributed by atoms with Gasteiger partial charge in [-0.2, -0.15) is 0 Å². The van der Waals surface area contributed by atoms with E-state index in [0.29, 0.717) is 11.7 Å². The molecule has 0 fully saturated rings. The Morgan fingerprint density at radius 2 is 1.67 bits per heavy atom. The fourth-order valence-electron chi connectivity index (χ4n) is 5.47. The van der Waals surface area contributed by atoms with E-state index in [1.54, 1.807) is 0 Å². The zero-order chi connectivity index (χ0) is 23.6. The van der Waals surface area contributed by atoms with Gasteiger partial charge in [-0.25, -0.2) is 5.10 Å². The summed E-state index contributed by atoms with van der Waals surface area (Å²) in [7, 11) is 0. The van der Waals surface area contributed by atoms with Crippen LogP contribution in [-0.2, 0) is 10.8 Å². The summed E-state index contributed by atoms with van der Waals surface area (Å²) in [5, 5.41) is 14.2. The number of rotatable bonds is 8. The lowest BCUT2D eigenvalue weighted by Crippen LogP contribution is -2.30. The maximum atomic E-state index is 4.02. The highest BCUT2D eigenvalue weighted by Gasteiger charge is 2.48. The largest absolute Gasteiger partial charge is 0.239 e. The van der Waals surface area contributed by atoms with Crippen molar-refractivity contribution < 1.29 is 0 Å². The van der Waals surface area contributed by atoms with Crippen molar-refractivity contribution in [2.24, 2.45) is 5.92 Å². The first-order chi connectivity index (χ1) is 15.7. The number of unbranched alkanes of at least 4 members (excludes halogenated alkanes) is 3. The zero-order valence-electron chi connectivity index (χ0n) is 21.1. The van der Waals surface area contributed by atoms with E-state index in [2.05, 4.69) is 111 Å². The lowest BCUT2D eigenvalue weighted by atomic mass is 9.71. The van der Waals surface area contributed by atoms with E-state index in [1.807, 2.05) is 0 Å². The SMILES string of the molecule is CCCCCCC(=Cc1ccc(-c2nnn[nH]2)cc1)c1ccc2c(c1)C(C)(C)C(C)C2(C)C. The predicted molar refractivity (Wildman–Crippen MR) is 138 cm³/mol. The van der Waals surface area contributed by atoms with E-state index < -0.39 is 0 Å². The first kappa shape index (κ1) is 23.4. The van der Waals surface area contributed by atoms with Gasteiger partial charge in [0.25, 0.3) is 0 Å². The first-order valence-corrected chi connectivity index (χ1v) is 12.4. The van der Waals surface area contributed by atoms with Gasteiger partial charge in [-0.3, -0.25) is 0 Å². The van der Waals surface area contributed by atoms with Crippen LogP contribution in [0.1, 0.15) is 95.9 Å². The molecule has 3 aromatic rings. The van der Waals surface area contributed by atoms with Gasteiger partial charge in [0.15, 0.2) is 5.82 Å². The van der Waals surface area contributed by atoms with Gasteiger partial charge in [-0.1, -0.05) is 109 Å². The van der Waals surface area contributed by atoms with Crippen molar-refractivity contribution in [3.05, 3.63) is 64.7 Å². The Balaban J connectivity index is 1.69. The van der Waals surface area contributed by atoms with Crippen LogP contribution in [0, 0.1) is 5.92 Å². The van der Waals surface area contributed by atoms with Gasteiger partial charge >= 0.3 is 0 Å². The topological polar surface area (TPSA) is 54.5 Å². The van der Waals surface area contributed by atoms with Crippen molar-refractivity contribution in [2.45, 2.75) is 84.5 Å². The molecule has 0 radical (unpaired) electrons. The van der Waals surface area contributed by atoms with Gasteiger partial charge in [-0.15, -0.1) is 5.10 Å². The number of aromatic amines is 1. The summed E-state index contributed by atoms with van der Waals surface area (Å²) in [6.07, 6.45) is 8.54. The molecule has 174 valence electrons. The van der Waals surface area contributed by atoms with E-state index in [0.717, 1.165) is 12.0 Å². The number of H-pyrrole nitrogens is 1. The first-order valence-electron chi connectivity index (χ1n) is 12.4. The van der Waals surface area contributed by atoms with Gasteiger partial charge in [0.2, 0.25) is 0 Å². The summed E-state index contributed by atoms with van der Waals surface area (Å²) in [5.41, 5.74) is 8.41. The van der Waals surface area contributed by atoms with Gasteiger partial charge in [0.05, 0.1) is 0 Å². The van der Waals surface area contributed by atoms with E-state index in [-0.39, 0.29) is 10.8 Å². The second-order valence-corrected chi connectivity index (χ2v) is 10.8. The smallest absolute Gasteiger partial charge is 0.179 e. The summed E-state index contributed by atoms with van der Waals surface area (Å²) < 4.78 is 0. The van der Waals surface area contributed by atoms with Crippen LogP contribution in [0.3, 0.4) is 0 Å². The van der Waals surface area contributed by atoms with Gasteiger partial charge in [0, 0.05) is 5.56 Å². The van der Waals surface area contributed by atoms with Crippen LogP contribution in [0.5, 0.6) is 0 Å². The maximum Gasteiger partial charge on any atom is 0.179 e. The van der Waals surface area contributed by atoms with Crippen LogP contribution in [0.4, 0.5) is 0 Å². The van der Waals surface area contributed by atoms with Crippen molar-refractivity contribution in [2.75, 3.05) is 0 Å². The Hall–Kier alpha value is -2.75. The van der Waals surface area contributed by atoms with Crippen LogP contribution in [0.15, 0.2) is 42.5 Å². The minimum absolute atomic E-state index is 0.176. The molecule has 1 unspecified atom stereocenters. The lowest BCUT2D eigenvalue weighted by molar-refractivity contribution is 0.264. The highest BCUT2D eigenvalue weighted by atomic mass is 15.5. The Morgan fingerprint density at radius 1 is 0.939 bits per heavy atom. The number of tetrazole rings is 1. The van der Waals surface area contributed by atoms with Gasteiger partial charge in [-0.05, 0) is 67.8 Å². The summed E-state index contributed by atoms with van der Waals surface area (Å²) >= 11 is 0. The molecule has 1 N–H and O–H groups in total. The molecule has 0 saturated carbocycles. The number of benzene rings is 2. The molecule has 4 nitrogen and oxygen atoms in total. The number of hydrogen-bond acceptors (Lipinski definition) is 3. The summed E-state index contributed by atoms with van der Waals surface area (Å²) in [6.45, 7) is 14.3. The maximum absolute atomic E-state index is 4.02. The van der Waals surface area contributed by atoms with Gasteiger partial charge < -0.3 is 0 Å². The van der Waals surface area contributed by atoms with Crippen LogP contribution in [0.2, 0.25) is 0 Å². The molecule has 1 heterocycles. The monoisotopic (exact) mass is 442 g/mol. The number of nitrogens with zero attached hydrogens (tertiary/aromatic N) is 3. The highest BCUT2D eigenvalue weighted by Crippen LogP contribution is 2.54. The minimum Gasteiger partial charge on any atom is -0.239 e. The minimum atomic E-state index is 0.176. The Kier molecular flexibility index (Phi) is 6.56. The second kappa shape index (κ2) is 9.24.